The van der Waals surface area contributed by atoms with E-state index in [-0.39, 0.29) is 23.6 Å². The summed E-state index contributed by atoms with van der Waals surface area (Å²) in [5, 5.41) is 3.42. The molecule has 1 heterocycles. The van der Waals surface area contributed by atoms with Gasteiger partial charge >= 0.3 is 0 Å². The van der Waals surface area contributed by atoms with Crippen LogP contribution in [0.25, 0.3) is 0 Å². The fourth-order valence-corrected chi connectivity index (χ4v) is 4.84. The first-order chi connectivity index (χ1) is 17.5. The van der Waals surface area contributed by atoms with Crippen LogP contribution < -0.4 is 19.1 Å². The molecular formula is C26H36FN3O5S2. The molecule has 37 heavy (non-hydrogen) atoms. The van der Waals surface area contributed by atoms with Gasteiger partial charge in [-0.3, -0.25) is 13.8 Å². The van der Waals surface area contributed by atoms with E-state index in [1.165, 1.54) is 35.3 Å². The number of sulfonamides is 1. The number of benzene rings is 2. The summed E-state index contributed by atoms with van der Waals surface area (Å²) >= 11 is 1.85. The number of halogens is 1. The number of anilines is 2. The van der Waals surface area contributed by atoms with Crippen molar-refractivity contribution in [1.82, 2.24) is 4.72 Å². The van der Waals surface area contributed by atoms with Crippen molar-refractivity contribution in [3.8, 4) is 18.6 Å². The lowest BCUT2D eigenvalue weighted by Crippen LogP contribution is -2.38. The quantitative estimate of drug-likeness (QED) is 0.305. The van der Waals surface area contributed by atoms with Crippen LogP contribution in [0.1, 0.15) is 33.6 Å². The molecule has 0 aromatic heterocycles. The Labute approximate surface area is 224 Å². The van der Waals surface area contributed by atoms with Crippen molar-refractivity contribution in [3.05, 3.63) is 48.3 Å². The summed E-state index contributed by atoms with van der Waals surface area (Å²) in [4.78, 5) is 10.6. The normalized spacial score (nSPS) is 14.1. The van der Waals surface area contributed by atoms with E-state index in [0.29, 0.717) is 23.5 Å². The molecule has 0 atom stereocenters. The number of hydrogen-bond donors (Lipinski definition) is 2. The molecule has 0 bridgehead atoms. The first-order valence-corrected chi connectivity index (χ1v) is 13.8. The average Bonchev–Trinajstić information content (AvgIpc) is 3.70. The van der Waals surface area contributed by atoms with Crippen LogP contribution in [0.2, 0.25) is 0 Å². The molecule has 1 saturated carbocycles. The topological polar surface area (TPSA) is 97.0 Å². The van der Waals surface area contributed by atoms with E-state index < -0.39 is 15.8 Å². The van der Waals surface area contributed by atoms with Crippen molar-refractivity contribution < 1.29 is 27.1 Å². The molecule has 1 fully saturated rings. The Hall–Kier alpha value is -2.78. The number of hydrogen-bond acceptors (Lipinski definition) is 7. The Morgan fingerprint density at radius 2 is 1.76 bits per heavy atom. The van der Waals surface area contributed by atoms with Gasteiger partial charge in [0.2, 0.25) is 6.41 Å². The molecule has 0 unspecified atom stereocenters. The van der Waals surface area contributed by atoms with Crippen LogP contribution in [0.4, 0.5) is 15.8 Å². The molecule has 8 nitrogen and oxygen atoms in total. The molecule has 2 aromatic carbocycles. The number of rotatable bonds is 6. The number of fused-ring (bicyclic) bond motifs is 1. The molecule has 2 N–H and O–H groups in total. The fraction of sp³-hybridized carbons (Fsp3) is 0.423. The number of amides is 1. The Bertz CT molecular complexity index is 1100. The maximum absolute atomic E-state index is 13.0. The van der Waals surface area contributed by atoms with Crippen molar-refractivity contribution in [3.63, 3.8) is 0 Å². The van der Waals surface area contributed by atoms with Gasteiger partial charge in [-0.15, -0.1) is 12.8 Å². The average molecular weight is 554 g/mol. The SMILES string of the molecule is C#C.CNSC1CC1.COC(C)(C)C.O=CNc1ccc2c(c1)N(S(=O)(=O)c1ccc(F)cc1)CCO2. The lowest BCUT2D eigenvalue weighted by atomic mass is 10.2. The molecule has 0 radical (unpaired) electrons. The second-order valence-corrected chi connectivity index (χ2v) is 11.8. The second kappa shape index (κ2) is 15.5. The highest BCUT2D eigenvalue weighted by molar-refractivity contribution is 7.98. The minimum atomic E-state index is -3.85. The Morgan fingerprint density at radius 3 is 2.22 bits per heavy atom. The van der Waals surface area contributed by atoms with Crippen molar-refractivity contribution in [2.45, 2.75) is 49.4 Å². The maximum atomic E-state index is 13.0. The van der Waals surface area contributed by atoms with Gasteiger partial charge < -0.3 is 14.8 Å². The first-order valence-electron chi connectivity index (χ1n) is 11.5. The van der Waals surface area contributed by atoms with Gasteiger partial charge in [-0.05, 0) is 83.1 Å². The number of nitrogens with zero attached hydrogens (tertiary/aromatic N) is 1. The van der Waals surface area contributed by atoms with Crippen molar-refractivity contribution in [2.75, 3.05) is 36.9 Å². The third kappa shape index (κ3) is 11.0. The number of carbonyl (C=O) groups is 1. The Kier molecular flexibility index (Phi) is 13.5. The molecule has 1 aliphatic carbocycles. The largest absolute Gasteiger partial charge is 0.489 e. The molecule has 0 saturated heterocycles. The van der Waals surface area contributed by atoms with Gasteiger partial charge in [0.15, 0.2) is 0 Å². The molecule has 11 heteroatoms. The standard InChI is InChI=1S/C15H13FN2O4S.C5H12O.C4H9NS.C2H2/c16-11-1-4-13(5-2-11)23(20,21)18-7-8-22-15-6-3-12(17-10-19)9-14(15)18;1-5(2,3)6-4;1-5-6-4-2-3-4;1-2/h1-6,9-10H,7-8H2,(H,17,19);1-4H3;4-5H,2-3H2,1H3;1-2H. The van der Waals surface area contributed by atoms with Crippen LogP contribution in [-0.2, 0) is 19.6 Å². The summed E-state index contributed by atoms with van der Waals surface area (Å²) in [7, 11) is -0.170. The highest BCUT2D eigenvalue weighted by Crippen LogP contribution is 2.37. The number of carbonyl (C=O) groups excluding carboxylic acids is 1. The van der Waals surface area contributed by atoms with E-state index >= 15 is 0 Å². The van der Waals surface area contributed by atoms with Crippen LogP contribution >= 0.6 is 11.9 Å². The van der Waals surface area contributed by atoms with Gasteiger partial charge in [-0.25, -0.2) is 12.8 Å². The molecular weight excluding hydrogens is 517 g/mol. The Morgan fingerprint density at radius 1 is 1.16 bits per heavy atom. The van der Waals surface area contributed by atoms with Crippen molar-refractivity contribution in [2.24, 2.45) is 0 Å². The molecule has 1 aliphatic heterocycles. The summed E-state index contributed by atoms with van der Waals surface area (Å²) in [6.07, 6.45) is 11.3. The highest BCUT2D eigenvalue weighted by atomic mass is 32.2. The Balaban J connectivity index is 0.000000401. The first kappa shape index (κ1) is 32.2. The zero-order valence-electron chi connectivity index (χ0n) is 21.9. The molecule has 204 valence electrons. The summed E-state index contributed by atoms with van der Waals surface area (Å²) in [6, 6.07) is 9.34. The third-order valence-electron chi connectivity index (χ3n) is 4.83. The zero-order chi connectivity index (χ0) is 28.1. The van der Waals surface area contributed by atoms with Gasteiger partial charge in [-0.1, -0.05) is 11.9 Å². The van der Waals surface area contributed by atoms with Crippen LogP contribution in [0.15, 0.2) is 47.4 Å². The van der Waals surface area contributed by atoms with Gasteiger partial charge in [-0.2, -0.15) is 0 Å². The van der Waals surface area contributed by atoms with E-state index in [1.807, 2.05) is 39.8 Å². The number of terminal acetylenes is 1. The minimum absolute atomic E-state index is 0.0134. The zero-order valence-corrected chi connectivity index (χ0v) is 23.5. The lowest BCUT2D eigenvalue weighted by molar-refractivity contribution is -0.105. The van der Waals surface area contributed by atoms with Crippen LogP contribution in [0, 0.1) is 18.7 Å². The van der Waals surface area contributed by atoms with Crippen LogP contribution in [0.5, 0.6) is 5.75 Å². The molecule has 2 aliphatic rings. The van der Waals surface area contributed by atoms with Gasteiger partial charge in [0.25, 0.3) is 10.0 Å². The minimum Gasteiger partial charge on any atom is -0.489 e. The number of nitrogens with one attached hydrogen (secondary N) is 2. The lowest BCUT2D eigenvalue weighted by Gasteiger charge is -2.30. The highest BCUT2D eigenvalue weighted by Gasteiger charge is 2.30. The van der Waals surface area contributed by atoms with Gasteiger partial charge in [0.1, 0.15) is 18.2 Å². The molecule has 0 spiro atoms. The summed E-state index contributed by atoms with van der Waals surface area (Å²) < 4.78 is 53.2. The smallest absolute Gasteiger partial charge is 0.264 e. The maximum Gasteiger partial charge on any atom is 0.264 e. The monoisotopic (exact) mass is 553 g/mol. The van der Waals surface area contributed by atoms with E-state index in [1.54, 1.807) is 19.2 Å². The van der Waals surface area contributed by atoms with Crippen LogP contribution in [0.3, 0.4) is 0 Å². The summed E-state index contributed by atoms with van der Waals surface area (Å²) in [5.41, 5.74) is 0.816. The number of ether oxygens (including phenoxy) is 2. The summed E-state index contributed by atoms with van der Waals surface area (Å²) in [6.45, 7) is 6.39. The van der Waals surface area contributed by atoms with Gasteiger partial charge in [0, 0.05) is 18.0 Å². The van der Waals surface area contributed by atoms with E-state index in [9.17, 15) is 17.6 Å². The van der Waals surface area contributed by atoms with Gasteiger partial charge in [0.05, 0.1) is 22.7 Å². The fourth-order valence-electron chi connectivity index (χ4n) is 2.69. The molecule has 1 amide bonds. The summed E-state index contributed by atoms with van der Waals surface area (Å²) in [5.74, 6) is -0.109. The van der Waals surface area contributed by atoms with E-state index in [2.05, 4.69) is 22.9 Å². The number of methoxy groups -OCH3 is 1. The third-order valence-corrected chi connectivity index (χ3v) is 7.70. The van der Waals surface area contributed by atoms with Crippen molar-refractivity contribution >= 4 is 39.8 Å². The predicted octanol–water partition coefficient (Wildman–Crippen LogP) is 4.68. The predicted molar refractivity (Wildman–Crippen MR) is 149 cm³/mol. The van der Waals surface area contributed by atoms with E-state index in [4.69, 9.17) is 9.47 Å². The van der Waals surface area contributed by atoms with Crippen molar-refractivity contribution in [1.29, 1.82) is 0 Å². The molecule has 2 aromatic rings. The second-order valence-electron chi connectivity index (χ2n) is 8.66. The van der Waals surface area contributed by atoms with Crippen LogP contribution in [-0.4, -0.2) is 53.0 Å². The van der Waals surface area contributed by atoms with E-state index in [0.717, 1.165) is 17.4 Å². The molecule has 4 rings (SSSR count).